The summed E-state index contributed by atoms with van der Waals surface area (Å²) in [6.45, 7) is 8.37. The minimum atomic E-state index is -0.155. The van der Waals surface area contributed by atoms with Gasteiger partial charge >= 0.3 is 0 Å². The number of Topliss-reactive ketones (excluding diaryl/α,β-unsaturated/α-hetero) is 1. The van der Waals surface area contributed by atoms with Crippen LogP contribution in [0.4, 0.5) is 0 Å². The third kappa shape index (κ3) is 3.88. The molecule has 0 saturated heterocycles. The van der Waals surface area contributed by atoms with Crippen LogP contribution in [0, 0.1) is 12.8 Å². The maximum atomic E-state index is 13.3. The molecule has 2 aliphatic rings. The number of aryl methyl sites for hydroxylation is 1. The Morgan fingerprint density at radius 2 is 1.75 bits per heavy atom. The van der Waals surface area contributed by atoms with Gasteiger partial charge in [-0.3, -0.25) is 9.69 Å². The second-order valence-electron chi connectivity index (χ2n) is 8.44. The van der Waals surface area contributed by atoms with Crippen molar-refractivity contribution in [1.29, 1.82) is 0 Å². The van der Waals surface area contributed by atoms with Gasteiger partial charge in [-0.05, 0) is 36.6 Å². The first-order valence-electron chi connectivity index (χ1n) is 10.6. The number of ketones is 1. The number of rotatable bonds is 6. The van der Waals surface area contributed by atoms with Crippen LogP contribution in [0.15, 0.2) is 24.0 Å². The Balaban J connectivity index is 1.74. The van der Waals surface area contributed by atoms with Crippen LogP contribution in [0.5, 0.6) is 28.7 Å². The van der Waals surface area contributed by atoms with Gasteiger partial charge in [-0.2, -0.15) is 0 Å². The number of benzene rings is 2. The third-order valence-electron chi connectivity index (χ3n) is 5.63. The molecule has 4 rings (SSSR count). The molecular formula is C25H29NO6. The Hall–Kier alpha value is -3.19. The summed E-state index contributed by atoms with van der Waals surface area (Å²) in [7, 11) is 4.69. The molecule has 0 saturated carbocycles. The van der Waals surface area contributed by atoms with Gasteiger partial charge in [0.2, 0.25) is 5.78 Å². The number of fused-ring (bicyclic) bond motifs is 3. The maximum absolute atomic E-state index is 13.3. The number of hydrogen-bond acceptors (Lipinski definition) is 7. The fourth-order valence-electron chi connectivity index (χ4n) is 4.22. The van der Waals surface area contributed by atoms with Gasteiger partial charge in [-0.15, -0.1) is 0 Å². The molecule has 0 amide bonds. The highest BCUT2D eigenvalue weighted by atomic mass is 16.5. The molecule has 0 radical (unpaired) electrons. The Morgan fingerprint density at radius 3 is 2.41 bits per heavy atom. The monoisotopic (exact) mass is 439 g/mol. The number of nitrogens with zero attached hydrogens (tertiary/aromatic N) is 1. The van der Waals surface area contributed by atoms with E-state index in [0.717, 1.165) is 23.4 Å². The van der Waals surface area contributed by atoms with Gasteiger partial charge in [0, 0.05) is 24.7 Å². The van der Waals surface area contributed by atoms with Crippen molar-refractivity contribution < 1.29 is 28.5 Å². The van der Waals surface area contributed by atoms with Gasteiger partial charge in [0.25, 0.3) is 0 Å². The fourth-order valence-corrected chi connectivity index (χ4v) is 4.22. The van der Waals surface area contributed by atoms with Crippen molar-refractivity contribution in [2.45, 2.75) is 27.3 Å². The molecule has 0 aliphatic carbocycles. The number of ether oxygens (including phenoxy) is 5. The lowest BCUT2D eigenvalue weighted by Gasteiger charge is -2.31. The van der Waals surface area contributed by atoms with Gasteiger partial charge in [-0.1, -0.05) is 13.8 Å². The highest BCUT2D eigenvalue weighted by Crippen LogP contribution is 2.45. The summed E-state index contributed by atoms with van der Waals surface area (Å²) in [5, 5.41) is 0. The van der Waals surface area contributed by atoms with Crippen LogP contribution < -0.4 is 23.7 Å². The summed E-state index contributed by atoms with van der Waals surface area (Å²) in [6.07, 6.45) is 1.69. The second kappa shape index (κ2) is 8.74. The average molecular weight is 440 g/mol. The Kier molecular flexibility index (Phi) is 6.02. The predicted molar refractivity (Wildman–Crippen MR) is 121 cm³/mol. The summed E-state index contributed by atoms with van der Waals surface area (Å²) in [5.74, 6) is 3.58. The molecule has 7 heteroatoms. The van der Waals surface area contributed by atoms with Gasteiger partial charge in [0.05, 0.1) is 32.5 Å². The zero-order valence-corrected chi connectivity index (χ0v) is 19.4. The second-order valence-corrected chi connectivity index (χ2v) is 8.44. The number of hydrogen-bond donors (Lipinski definition) is 0. The summed E-state index contributed by atoms with van der Waals surface area (Å²) in [4.78, 5) is 15.5. The molecule has 0 bridgehead atoms. The first kappa shape index (κ1) is 22.0. The molecule has 170 valence electrons. The molecule has 0 atom stereocenters. The summed E-state index contributed by atoms with van der Waals surface area (Å²) in [6, 6.07) is 5.42. The first-order chi connectivity index (χ1) is 15.4. The van der Waals surface area contributed by atoms with Crippen LogP contribution in [0.1, 0.15) is 40.9 Å². The van der Waals surface area contributed by atoms with E-state index in [1.807, 2.05) is 13.0 Å². The molecule has 0 unspecified atom stereocenters. The minimum Gasteiger partial charge on any atom is -0.496 e. The Bertz CT molecular complexity index is 1090. The van der Waals surface area contributed by atoms with E-state index in [1.54, 1.807) is 39.5 Å². The van der Waals surface area contributed by atoms with Crippen molar-refractivity contribution >= 4 is 11.9 Å². The zero-order valence-electron chi connectivity index (χ0n) is 19.4. The lowest BCUT2D eigenvalue weighted by molar-refractivity contribution is 0.0831. The molecule has 2 aliphatic heterocycles. The molecule has 0 aromatic heterocycles. The number of methoxy groups -OCH3 is 3. The molecule has 2 heterocycles. The van der Waals surface area contributed by atoms with Crippen molar-refractivity contribution in [3.05, 3.63) is 46.2 Å². The zero-order chi connectivity index (χ0) is 23.0. The first-order valence-corrected chi connectivity index (χ1v) is 10.6. The van der Waals surface area contributed by atoms with E-state index in [-0.39, 0.29) is 11.5 Å². The van der Waals surface area contributed by atoms with Crippen LogP contribution in [-0.4, -0.2) is 45.3 Å². The average Bonchev–Trinajstić information content (AvgIpc) is 3.10. The smallest absolute Gasteiger partial charge is 0.232 e. The third-order valence-corrected chi connectivity index (χ3v) is 5.63. The Labute approximate surface area is 188 Å². The SMILES string of the molecule is COc1cc(OC)c(OC)cc1/C=C1\Oc2c3c(cc(C)c2C1=O)OCN(CC(C)C)C3. The molecule has 0 N–H and O–H groups in total. The van der Waals surface area contributed by atoms with Crippen molar-refractivity contribution in [2.75, 3.05) is 34.6 Å². The normalized spacial score (nSPS) is 16.5. The number of allylic oxidation sites excluding steroid dienone is 1. The van der Waals surface area contributed by atoms with Crippen LogP contribution in [0.25, 0.3) is 6.08 Å². The van der Waals surface area contributed by atoms with Crippen molar-refractivity contribution in [2.24, 2.45) is 5.92 Å². The number of carbonyl (C=O) groups is 1. The van der Waals surface area contributed by atoms with E-state index in [1.165, 1.54) is 0 Å². The standard InChI is InChI=1S/C25H29NO6/c1-14(2)11-26-12-17-19(31-13-26)7-15(3)23-24(27)22(32-25(17)23)9-16-8-20(29-5)21(30-6)10-18(16)28-4/h7-10,14H,11-13H2,1-6H3/b22-9-. The quantitative estimate of drug-likeness (QED) is 0.616. The highest BCUT2D eigenvalue weighted by Gasteiger charge is 2.35. The highest BCUT2D eigenvalue weighted by molar-refractivity contribution is 6.16. The predicted octanol–water partition coefficient (Wildman–Crippen LogP) is 4.44. The van der Waals surface area contributed by atoms with E-state index in [0.29, 0.717) is 53.3 Å². The molecule has 0 fully saturated rings. The maximum Gasteiger partial charge on any atom is 0.232 e. The van der Waals surface area contributed by atoms with Crippen molar-refractivity contribution in [3.8, 4) is 28.7 Å². The van der Waals surface area contributed by atoms with Gasteiger partial charge in [0.15, 0.2) is 17.3 Å². The molecule has 2 aromatic rings. The van der Waals surface area contributed by atoms with Crippen molar-refractivity contribution in [3.63, 3.8) is 0 Å². The summed E-state index contributed by atoms with van der Waals surface area (Å²) >= 11 is 0. The van der Waals surface area contributed by atoms with Gasteiger partial charge in [0.1, 0.15) is 24.0 Å². The van der Waals surface area contributed by atoms with E-state index in [2.05, 4.69) is 18.7 Å². The van der Waals surface area contributed by atoms with Crippen LogP contribution in [-0.2, 0) is 6.54 Å². The van der Waals surface area contributed by atoms with Crippen LogP contribution >= 0.6 is 0 Å². The van der Waals surface area contributed by atoms with Crippen LogP contribution in [0.3, 0.4) is 0 Å². The largest absolute Gasteiger partial charge is 0.496 e. The lowest BCUT2D eigenvalue weighted by Crippen LogP contribution is -2.35. The van der Waals surface area contributed by atoms with Gasteiger partial charge < -0.3 is 23.7 Å². The van der Waals surface area contributed by atoms with Crippen molar-refractivity contribution in [1.82, 2.24) is 4.90 Å². The van der Waals surface area contributed by atoms with E-state index >= 15 is 0 Å². The van der Waals surface area contributed by atoms with E-state index in [4.69, 9.17) is 23.7 Å². The Morgan fingerprint density at radius 1 is 1.06 bits per heavy atom. The number of carbonyl (C=O) groups excluding carboxylic acids is 1. The molecule has 7 nitrogen and oxygen atoms in total. The molecule has 32 heavy (non-hydrogen) atoms. The lowest BCUT2D eigenvalue weighted by atomic mass is 9.98. The molecule has 2 aromatic carbocycles. The summed E-state index contributed by atoms with van der Waals surface area (Å²) < 4.78 is 28.4. The van der Waals surface area contributed by atoms with E-state index in [9.17, 15) is 4.79 Å². The molecule has 0 spiro atoms. The van der Waals surface area contributed by atoms with Gasteiger partial charge in [-0.25, -0.2) is 0 Å². The topological polar surface area (TPSA) is 66.5 Å². The van der Waals surface area contributed by atoms with E-state index < -0.39 is 0 Å². The van der Waals surface area contributed by atoms with Crippen LogP contribution in [0.2, 0.25) is 0 Å². The fraction of sp³-hybridized carbons (Fsp3) is 0.400. The minimum absolute atomic E-state index is 0.155. The summed E-state index contributed by atoms with van der Waals surface area (Å²) in [5.41, 5.74) is 2.99. The molecular weight excluding hydrogens is 410 g/mol.